The third kappa shape index (κ3) is 5.39. The first-order valence-corrected chi connectivity index (χ1v) is 13.3. The third-order valence-electron chi connectivity index (χ3n) is 7.15. The second kappa shape index (κ2) is 10.8. The molecule has 3 aromatic carbocycles. The van der Waals surface area contributed by atoms with Crippen LogP contribution < -0.4 is 14.5 Å². The minimum Gasteiger partial charge on any atom is -0.497 e. The minimum atomic E-state index is -0.729. The summed E-state index contributed by atoms with van der Waals surface area (Å²) in [6.07, 6.45) is 1.47. The number of carboxylic acid groups (broad SMARTS) is 1. The number of hydrogen-bond acceptors (Lipinski definition) is 6. The monoisotopic (exact) mass is 519 g/mol. The van der Waals surface area contributed by atoms with E-state index in [-0.39, 0.29) is 17.8 Å². The van der Waals surface area contributed by atoms with Crippen LogP contribution in [0.3, 0.4) is 0 Å². The molecule has 0 aliphatic carbocycles. The van der Waals surface area contributed by atoms with Crippen LogP contribution in [0.1, 0.15) is 30.5 Å². The Morgan fingerprint density at radius 3 is 2.59 bits per heavy atom. The summed E-state index contributed by atoms with van der Waals surface area (Å²) in [6, 6.07) is 21.4. The van der Waals surface area contributed by atoms with E-state index in [1.165, 1.54) is 23.0 Å². The van der Waals surface area contributed by atoms with Crippen molar-refractivity contribution in [1.82, 2.24) is 4.98 Å². The fourth-order valence-electron chi connectivity index (χ4n) is 4.86. The first-order chi connectivity index (χ1) is 17.9. The van der Waals surface area contributed by atoms with E-state index in [1.54, 1.807) is 13.2 Å². The molecule has 1 unspecified atom stereocenters. The van der Waals surface area contributed by atoms with Gasteiger partial charge in [-0.15, -0.1) is 0 Å². The number of fused-ring (bicyclic) bond motifs is 1. The average Bonchev–Trinajstić information content (AvgIpc) is 3.58. The van der Waals surface area contributed by atoms with Gasteiger partial charge in [-0.1, -0.05) is 41.7 Å². The predicted molar refractivity (Wildman–Crippen MR) is 146 cm³/mol. The third-order valence-corrected chi connectivity index (χ3v) is 8.26. The van der Waals surface area contributed by atoms with Gasteiger partial charge in [-0.25, -0.2) is 9.37 Å². The van der Waals surface area contributed by atoms with E-state index in [4.69, 9.17) is 9.72 Å². The highest BCUT2D eigenvalue weighted by atomic mass is 32.1. The molecule has 1 aromatic heterocycles. The maximum absolute atomic E-state index is 14.5. The molecular weight excluding hydrogens is 489 g/mol. The smallest absolute Gasteiger partial charge is 0.308 e. The SMILES string of the molecule is COc1ccc(CCN(c2nc3cccc(F)c3s2)C(C)c2ccc(N3CC[C@H](C(=O)O)C3)cc2)cc1. The van der Waals surface area contributed by atoms with Gasteiger partial charge in [-0.3, -0.25) is 4.79 Å². The van der Waals surface area contributed by atoms with Gasteiger partial charge in [0.15, 0.2) is 5.13 Å². The van der Waals surface area contributed by atoms with E-state index < -0.39 is 5.97 Å². The Morgan fingerprint density at radius 1 is 1.19 bits per heavy atom. The summed E-state index contributed by atoms with van der Waals surface area (Å²) in [7, 11) is 1.66. The Labute approximate surface area is 219 Å². The quantitative estimate of drug-likeness (QED) is 0.286. The zero-order chi connectivity index (χ0) is 25.9. The molecule has 2 heterocycles. The number of halogens is 1. The van der Waals surface area contributed by atoms with Crippen LogP contribution in [0.2, 0.25) is 0 Å². The standard InChI is InChI=1S/C29H30FN3O3S/c1-19(21-8-10-23(11-9-21)32-16-15-22(18-32)28(34)35)33(17-14-20-6-12-24(36-2)13-7-20)29-31-26-5-3-4-25(30)27(26)37-29/h3-13,19,22H,14-18H2,1-2H3,(H,34,35)/t19?,22-/m0/s1. The summed E-state index contributed by atoms with van der Waals surface area (Å²) < 4.78 is 20.3. The Hall–Kier alpha value is -3.65. The molecule has 2 atom stereocenters. The Kier molecular flexibility index (Phi) is 7.28. The number of carboxylic acids is 1. The summed E-state index contributed by atoms with van der Waals surface area (Å²) in [6.45, 7) is 4.14. The van der Waals surface area contributed by atoms with Crippen molar-refractivity contribution in [3.8, 4) is 5.75 Å². The normalized spacial score (nSPS) is 16.2. The lowest BCUT2D eigenvalue weighted by Crippen LogP contribution is -2.29. The molecule has 37 heavy (non-hydrogen) atoms. The number of thiazole rings is 1. The van der Waals surface area contributed by atoms with Crippen LogP contribution in [-0.2, 0) is 11.2 Å². The Bertz CT molecular complexity index is 1370. The maximum Gasteiger partial charge on any atom is 0.308 e. The van der Waals surface area contributed by atoms with Crippen LogP contribution in [0.25, 0.3) is 10.2 Å². The molecule has 1 fully saturated rings. The summed E-state index contributed by atoms with van der Waals surface area (Å²) >= 11 is 1.38. The number of benzene rings is 3. The molecular formula is C29H30FN3O3S. The summed E-state index contributed by atoms with van der Waals surface area (Å²) in [5, 5.41) is 10.1. The number of nitrogens with zero attached hydrogens (tertiary/aromatic N) is 3. The second-order valence-electron chi connectivity index (χ2n) is 9.41. The van der Waals surface area contributed by atoms with Gasteiger partial charge < -0.3 is 19.6 Å². The molecule has 0 spiro atoms. The van der Waals surface area contributed by atoms with Gasteiger partial charge in [0.25, 0.3) is 0 Å². The number of ether oxygens (including phenoxy) is 1. The molecule has 1 saturated heterocycles. The predicted octanol–water partition coefficient (Wildman–Crippen LogP) is 6.17. The van der Waals surface area contributed by atoms with Crippen LogP contribution in [-0.4, -0.2) is 42.8 Å². The average molecular weight is 520 g/mol. The number of rotatable bonds is 9. The lowest BCUT2D eigenvalue weighted by Gasteiger charge is -2.30. The molecule has 192 valence electrons. The zero-order valence-corrected chi connectivity index (χ0v) is 21.7. The molecule has 0 radical (unpaired) electrons. The fraction of sp³-hybridized carbons (Fsp3) is 0.310. The minimum absolute atomic E-state index is 0.00117. The largest absolute Gasteiger partial charge is 0.497 e. The summed E-state index contributed by atoms with van der Waals surface area (Å²) in [5.74, 6) is -0.471. The van der Waals surface area contributed by atoms with Crippen molar-refractivity contribution in [3.05, 3.63) is 83.7 Å². The van der Waals surface area contributed by atoms with Gasteiger partial charge in [-0.05, 0) is 67.3 Å². The van der Waals surface area contributed by atoms with E-state index in [2.05, 4.69) is 53.1 Å². The summed E-state index contributed by atoms with van der Waals surface area (Å²) in [4.78, 5) is 20.5. The zero-order valence-electron chi connectivity index (χ0n) is 20.9. The van der Waals surface area contributed by atoms with Crippen molar-refractivity contribution >= 4 is 38.3 Å². The number of hydrogen-bond donors (Lipinski definition) is 1. The molecule has 0 bridgehead atoms. The highest BCUT2D eigenvalue weighted by Crippen LogP contribution is 2.36. The van der Waals surface area contributed by atoms with Crippen molar-refractivity contribution in [2.24, 2.45) is 5.92 Å². The Balaban J connectivity index is 1.39. The van der Waals surface area contributed by atoms with Crippen LogP contribution >= 0.6 is 11.3 Å². The van der Waals surface area contributed by atoms with Crippen molar-refractivity contribution in [1.29, 1.82) is 0 Å². The van der Waals surface area contributed by atoms with Crippen LogP contribution in [0.15, 0.2) is 66.7 Å². The lowest BCUT2D eigenvalue weighted by atomic mass is 10.1. The molecule has 0 saturated carbocycles. The van der Waals surface area contributed by atoms with Gasteiger partial charge in [-0.2, -0.15) is 0 Å². The van der Waals surface area contributed by atoms with Crippen LogP contribution in [0, 0.1) is 11.7 Å². The number of aromatic nitrogens is 1. The molecule has 1 N–H and O–H groups in total. The maximum atomic E-state index is 14.5. The first kappa shape index (κ1) is 25.0. The first-order valence-electron chi connectivity index (χ1n) is 12.5. The highest BCUT2D eigenvalue weighted by molar-refractivity contribution is 7.22. The molecule has 4 aromatic rings. The topological polar surface area (TPSA) is 65.9 Å². The van der Waals surface area contributed by atoms with E-state index in [0.717, 1.165) is 35.1 Å². The second-order valence-corrected chi connectivity index (χ2v) is 10.4. The van der Waals surface area contributed by atoms with Gasteiger partial charge >= 0.3 is 5.97 Å². The van der Waals surface area contributed by atoms with Gasteiger partial charge in [0.2, 0.25) is 0 Å². The molecule has 6 nitrogen and oxygen atoms in total. The van der Waals surface area contributed by atoms with E-state index in [9.17, 15) is 14.3 Å². The molecule has 0 amide bonds. The Morgan fingerprint density at radius 2 is 1.95 bits per heavy atom. The number of carbonyl (C=O) groups is 1. The van der Waals surface area contributed by atoms with Crippen molar-refractivity contribution in [2.75, 3.05) is 36.5 Å². The van der Waals surface area contributed by atoms with E-state index in [1.807, 2.05) is 18.2 Å². The fourth-order valence-corrected chi connectivity index (χ4v) is 5.94. The van der Waals surface area contributed by atoms with Gasteiger partial charge in [0.1, 0.15) is 11.6 Å². The van der Waals surface area contributed by atoms with E-state index in [0.29, 0.717) is 29.7 Å². The molecule has 1 aliphatic heterocycles. The van der Waals surface area contributed by atoms with E-state index >= 15 is 0 Å². The van der Waals surface area contributed by atoms with Crippen molar-refractivity contribution in [2.45, 2.75) is 25.8 Å². The molecule has 1 aliphatic rings. The molecule has 8 heteroatoms. The van der Waals surface area contributed by atoms with Gasteiger partial charge in [0.05, 0.1) is 29.3 Å². The number of aliphatic carboxylic acids is 1. The lowest BCUT2D eigenvalue weighted by molar-refractivity contribution is -0.140. The molecule has 5 rings (SSSR count). The highest BCUT2D eigenvalue weighted by Gasteiger charge is 2.28. The number of methoxy groups -OCH3 is 1. The summed E-state index contributed by atoms with van der Waals surface area (Å²) in [5.41, 5.74) is 4.00. The van der Waals surface area contributed by atoms with Gasteiger partial charge in [0, 0.05) is 25.3 Å². The number of anilines is 2. The van der Waals surface area contributed by atoms with Crippen molar-refractivity contribution < 1.29 is 19.0 Å². The van der Waals surface area contributed by atoms with Crippen LogP contribution in [0.4, 0.5) is 15.2 Å². The van der Waals surface area contributed by atoms with Crippen molar-refractivity contribution in [3.63, 3.8) is 0 Å². The van der Waals surface area contributed by atoms with Crippen LogP contribution in [0.5, 0.6) is 5.75 Å².